The molecule has 0 saturated heterocycles. The highest BCUT2D eigenvalue weighted by Crippen LogP contribution is 2.11. The molecule has 0 saturated carbocycles. The first-order valence-electron chi connectivity index (χ1n) is 8.74. The average Bonchev–Trinajstić information content (AvgIpc) is 3.35. The first-order valence-corrected chi connectivity index (χ1v) is 9.62. The highest BCUT2D eigenvalue weighted by molar-refractivity contribution is 14.0. The summed E-state index contributed by atoms with van der Waals surface area (Å²) in [6.07, 6.45) is 2.74. The summed E-state index contributed by atoms with van der Waals surface area (Å²) in [5.74, 6) is 1.70. The number of aliphatic imine (C=N–C) groups is 1. The van der Waals surface area contributed by atoms with Crippen LogP contribution in [-0.2, 0) is 13.0 Å². The highest BCUT2D eigenvalue weighted by atomic mass is 127. The number of thiophene rings is 1. The van der Waals surface area contributed by atoms with E-state index < -0.39 is 0 Å². The lowest BCUT2D eigenvalue weighted by Crippen LogP contribution is -2.39. The van der Waals surface area contributed by atoms with Gasteiger partial charge in [0, 0.05) is 30.7 Å². The third-order valence-corrected chi connectivity index (χ3v) is 4.93. The molecule has 0 aliphatic heterocycles. The van der Waals surface area contributed by atoms with Crippen LogP contribution in [0.5, 0.6) is 0 Å². The van der Waals surface area contributed by atoms with Crippen LogP contribution >= 0.6 is 35.3 Å². The number of guanidine groups is 1. The lowest BCUT2D eigenvalue weighted by Gasteiger charge is -2.21. The largest absolute Gasteiger partial charge is 0.357 e. The van der Waals surface area contributed by atoms with E-state index in [0.717, 1.165) is 37.0 Å². The predicted molar refractivity (Wildman–Crippen MR) is 122 cm³/mol. The van der Waals surface area contributed by atoms with Gasteiger partial charge >= 0.3 is 0 Å². The van der Waals surface area contributed by atoms with Gasteiger partial charge in [-0.15, -0.1) is 45.5 Å². The molecule has 8 heteroatoms. The third-order valence-electron chi connectivity index (χ3n) is 3.99. The van der Waals surface area contributed by atoms with E-state index in [1.165, 1.54) is 4.88 Å². The Balaban J connectivity index is 0.00000261. The fourth-order valence-corrected chi connectivity index (χ4v) is 3.32. The number of halogens is 1. The van der Waals surface area contributed by atoms with E-state index in [1.54, 1.807) is 17.7 Å². The Kier molecular flexibility index (Phi) is 8.73. The lowest BCUT2D eigenvalue weighted by atomic mass is 10.3. The minimum absolute atomic E-state index is 0. The third kappa shape index (κ3) is 6.03. The summed E-state index contributed by atoms with van der Waals surface area (Å²) in [5, 5.41) is 13.8. The second-order valence-corrected chi connectivity index (χ2v) is 6.91. The van der Waals surface area contributed by atoms with Gasteiger partial charge in [-0.3, -0.25) is 4.57 Å². The quantitative estimate of drug-likeness (QED) is 0.309. The maximum absolute atomic E-state index is 4.75. The van der Waals surface area contributed by atoms with Crippen LogP contribution in [0.1, 0.15) is 17.6 Å². The number of rotatable bonds is 7. The molecule has 0 spiro atoms. The SMILES string of the molecule is CCNC(=NCc1nncn1-c1ccccc1)N(C)CCc1cccs1.I. The number of likely N-dealkylation sites (N-methyl/N-ethyl adjacent to an activating group) is 1. The molecule has 0 aliphatic carbocycles. The zero-order valence-corrected chi connectivity index (χ0v) is 18.7. The van der Waals surface area contributed by atoms with Crippen LogP contribution in [-0.4, -0.2) is 45.8 Å². The van der Waals surface area contributed by atoms with Gasteiger partial charge in [-0.2, -0.15) is 0 Å². The maximum Gasteiger partial charge on any atom is 0.194 e. The van der Waals surface area contributed by atoms with Crippen LogP contribution in [0.4, 0.5) is 0 Å². The van der Waals surface area contributed by atoms with Crippen LogP contribution < -0.4 is 5.32 Å². The van der Waals surface area contributed by atoms with Crippen LogP contribution in [0.15, 0.2) is 59.2 Å². The summed E-state index contributed by atoms with van der Waals surface area (Å²) in [6, 6.07) is 14.3. The Morgan fingerprint density at radius 1 is 1.22 bits per heavy atom. The fraction of sp³-hybridized carbons (Fsp3) is 0.316. The van der Waals surface area contributed by atoms with Crippen LogP contribution in [0, 0.1) is 0 Å². The molecule has 1 N–H and O–H groups in total. The minimum Gasteiger partial charge on any atom is -0.357 e. The summed E-state index contributed by atoms with van der Waals surface area (Å²) >= 11 is 1.79. The van der Waals surface area contributed by atoms with Crippen molar-refractivity contribution >= 4 is 41.3 Å². The molecule has 1 aromatic carbocycles. The Morgan fingerprint density at radius 2 is 2.04 bits per heavy atom. The van der Waals surface area contributed by atoms with Gasteiger partial charge in [-0.05, 0) is 36.9 Å². The standard InChI is InChI=1S/C19H24N6S.HI/c1-3-20-19(24(2)12-11-17-10-7-13-26-17)21-14-18-23-22-15-25(18)16-8-5-4-6-9-16;/h4-10,13,15H,3,11-12,14H2,1-2H3,(H,20,21);1H. The molecular weight excluding hydrogens is 471 g/mol. The van der Waals surface area contributed by atoms with Crippen LogP contribution in [0.25, 0.3) is 5.69 Å². The van der Waals surface area contributed by atoms with E-state index in [2.05, 4.69) is 51.9 Å². The van der Waals surface area contributed by atoms with Gasteiger partial charge in [0.15, 0.2) is 11.8 Å². The first kappa shape index (κ1) is 21.4. The molecule has 0 atom stereocenters. The minimum atomic E-state index is 0. The number of nitrogens with zero attached hydrogens (tertiary/aromatic N) is 5. The van der Waals surface area contributed by atoms with Crippen LogP contribution in [0.2, 0.25) is 0 Å². The van der Waals surface area contributed by atoms with Gasteiger partial charge in [-0.25, -0.2) is 4.99 Å². The second kappa shape index (κ2) is 11.0. The Morgan fingerprint density at radius 3 is 2.74 bits per heavy atom. The highest BCUT2D eigenvalue weighted by Gasteiger charge is 2.09. The number of para-hydroxylation sites is 1. The van der Waals surface area contributed by atoms with Crippen molar-refractivity contribution in [3.05, 3.63) is 64.9 Å². The molecule has 6 nitrogen and oxygen atoms in total. The van der Waals surface area contributed by atoms with E-state index in [4.69, 9.17) is 4.99 Å². The second-order valence-electron chi connectivity index (χ2n) is 5.87. The van der Waals surface area contributed by atoms with Gasteiger partial charge in [0.25, 0.3) is 0 Å². The monoisotopic (exact) mass is 496 g/mol. The van der Waals surface area contributed by atoms with Crippen molar-refractivity contribution in [2.24, 2.45) is 4.99 Å². The van der Waals surface area contributed by atoms with Crippen molar-refractivity contribution in [1.29, 1.82) is 0 Å². The zero-order valence-electron chi connectivity index (χ0n) is 15.6. The maximum atomic E-state index is 4.75. The first-order chi connectivity index (χ1) is 12.8. The van der Waals surface area contributed by atoms with Crippen molar-refractivity contribution < 1.29 is 0 Å². The Bertz CT molecular complexity index is 816. The molecule has 0 radical (unpaired) electrons. The molecule has 27 heavy (non-hydrogen) atoms. The number of hydrogen-bond donors (Lipinski definition) is 1. The Hall–Kier alpha value is -1.94. The zero-order chi connectivity index (χ0) is 18.2. The van der Waals surface area contributed by atoms with E-state index in [9.17, 15) is 0 Å². The molecule has 2 heterocycles. The summed E-state index contributed by atoms with van der Waals surface area (Å²) in [7, 11) is 2.07. The topological polar surface area (TPSA) is 58.3 Å². The van der Waals surface area contributed by atoms with Crippen molar-refractivity contribution in [3.63, 3.8) is 0 Å². The van der Waals surface area contributed by atoms with Crippen LogP contribution in [0.3, 0.4) is 0 Å². The Labute approximate surface area is 181 Å². The van der Waals surface area contributed by atoms with Crippen molar-refractivity contribution in [1.82, 2.24) is 25.0 Å². The summed E-state index contributed by atoms with van der Waals surface area (Å²) < 4.78 is 1.97. The molecule has 144 valence electrons. The van der Waals surface area contributed by atoms with E-state index in [1.807, 2.05) is 34.9 Å². The normalized spacial score (nSPS) is 11.1. The van der Waals surface area contributed by atoms with Gasteiger partial charge < -0.3 is 10.2 Å². The molecule has 3 rings (SSSR count). The molecule has 0 bridgehead atoms. The summed E-state index contributed by atoms with van der Waals surface area (Å²) in [4.78, 5) is 8.30. The van der Waals surface area contributed by atoms with Gasteiger partial charge in [-0.1, -0.05) is 24.3 Å². The molecule has 0 fully saturated rings. The van der Waals surface area contributed by atoms with E-state index in [0.29, 0.717) is 6.54 Å². The average molecular weight is 496 g/mol. The molecule has 2 aromatic heterocycles. The molecular formula is C19H25IN6S. The van der Waals surface area contributed by atoms with Crippen molar-refractivity contribution in [3.8, 4) is 5.69 Å². The number of nitrogens with one attached hydrogen (secondary N) is 1. The summed E-state index contributed by atoms with van der Waals surface area (Å²) in [5.41, 5.74) is 1.04. The molecule has 0 amide bonds. The van der Waals surface area contributed by atoms with Gasteiger partial charge in [0.1, 0.15) is 12.9 Å². The summed E-state index contributed by atoms with van der Waals surface area (Å²) in [6.45, 7) is 4.29. The number of benzene rings is 1. The van der Waals surface area contributed by atoms with E-state index in [-0.39, 0.29) is 24.0 Å². The van der Waals surface area contributed by atoms with Gasteiger partial charge in [0.2, 0.25) is 0 Å². The van der Waals surface area contributed by atoms with Gasteiger partial charge in [0.05, 0.1) is 0 Å². The van der Waals surface area contributed by atoms with Crippen molar-refractivity contribution in [2.45, 2.75) is 19.9 Å². The lowest BCUT2D eigenvalue weighted by molar-refractivity contribution is 0.486. The fourth-order valence-electron chi connectivity index (χ4n) is 2.62. The molecule has 3 aromatic rings. The van der Waals surface area contributed by atoms with E-state index >= 15 is 0 Å². The predicted octanol–water partition coefficient (Wildman–Crippen LogP) is 3.59. The van der Waals surface area contributed by atoms with Crippen molar-refractivity contribution in [2.75, 3.05) is 20.1 Å². The number of aromatic nitrogens is 3. The smallest absolute Gasteiger partial charge is 0.194 e. The molecule has 0 aliphatic rings. The molecule has 0 unspecified atom stereocenters. The number of hydrogen-bond acceptors (Lipinski definition) is 4.